The number of piperazine rings is 1. The normalized spacial score (nSPS) is 14.1. The third kappa shape index (κ3) is 4.71. The van der Waals surface area contributed by atoms with Crippen LogP contribution in [0.1, 0.15) is 0 Å². The molecule has 8 heteroatoms. The molecule has 1 amide bonds. The van der Waals surface area contributed by atoms with E-state index in [-0.39, 0.29) is 5.91 Å². The van der Waals surface area contributed by atoms with Crippen LogP contribution in [0.4, 0.5) is 5.69 Å². The second kappa shape index (κ2) is 9.00. The van der Waals surface area contributed by atoms with E-state index in [2.05, 4.69) is 15.1 Å². The molecule has 7 nitrogen and oxygen atoms in total. The lowest BCUT2D eigenvalue weighted by atomic mass is 10.2. The number of carbonyl (C=O) groups is 1. The molecule has 2 heterocycles. The predicted octanol–water partition coefficient (Wildman–Crippen LogP) is 3.19. The summed E-state index contributed by atoms with van der Waals surface area (Å²) in [4.78, 5) is 16.7. The molecule has 1 saturated heterocycles. The number of hydrogen-bond donors (Lipinski definition) is 0. The summed E-state index contributed by atoms with van der Waals surface area (Å²) in [5.74, 6) is 1.69. The first-order valence-electron chi connectivity index (χ1n) is 9.41. The molecule has 4 rings (SSSR count). The Bertz CT molecular complexity index is 938. The van der Waals surface area contributed by atoms with Gasteiger partial charge in [-0.25, -0.2) is 0 Å². The number of benzene rings is 2. The lowest BCUT2D eigenvalue weighted by molar-refractivity contribution is -0.128. The van der Waals surface area contributed by atoms with Gasteiger partial charge in [0, 0.05) is 37.4 Å². The summed E-state index contributed by atoms with van der Waals surface area (Å²) in [5.41, 5.74) is 2.01. The average Bonchev–Trinajstić information content (AvgIpc) is 3.27. The Kier molecular flexibility index (Phi) is 6.00. The topological polar surface area (TPSA) is 71.7 Å². The van der Waals surface area contributed by atoms with Crippen molar-refractivity contribution in [3.63, 3.8) is 0 Å². The predicted molar refractivity (Wildman–Crippen MR) is 112 cm³/mol. The number of aromatic nitrogens is 2. The third-order valence-electron chi connectivity index (χ3n) is 4.82. The highest BCUT2D eigenvalue weighted by atomic mass is 32.2. The molecule has 29 heavy (non-hydrogen) atoms. The lowest BCUT2D eigenvalue weighted by Gasteiger charge is -2.36. The number of amides is 1. The van der Waals surface area contributed by atoms with Crippen LogP contribution < -0.4 is 9.64 Å². The van der Waals surface area contributed by atoms with Gasteiger partial charge in [-0.3, -0.25) is 4.79 Å². The molecule has 1 aliphatic rings. The monoisotopic (exact) mass is 410 g/mol. The molecular weight excluding hydrogens is 388 g/mol. The molecule has 0 bridgehead atoms. The van der Waals surface area contributed by atoms with E-state index in [1.165, 1.54) is 11.8 Å². The molecule has 0 spiro atoms. The first-order valence-corrected chi connectivity index (χ1v) is 10.4. The van der Waals surface area contributed by atoms with E-state index >= 15 is 0 Å². The first-order chi connectivity index (χ1) is 14.2. The molecular formula is C21H22N4O3S. The average molecular weight is 410 g/mol. The maximum absolute atomic E-state index is 12.6. The van der Waals surface area contributed by atoms with Gasteiger partial charge in [0.1, 0.15) is 5.75 Å². The summed E-state index contributed by atoms with van der Waals surface area (Å²) in [6, 6.07) is 17.6. The molecule has 0 radical (unpaired) electrons. The van der Waals surface area contributed by atoms with E-state index in [1.54, 1.807) is 7.11 Å². The van der Waals surface area contributed by atoms with Crippen LogP contribution in [0.3, 0.4) is 0 Å². The van der Waals surface area contributed by atoms with Crippen LogP contribution in [-0.4, -0.2) is 60.0 Å². The Morgan fingerprint density at radius 3 is 2.45 bits per heavy atom. The van der Waals surface area contributed by atoms with Crippen molar-refractivity contribution in [2.45, 2.75) is 5.22 Å². The van der Waals surface area contributed by atoms with E-state index < -0.39 is 0 Å². The fourth-order valence-electron chi connectivity index (χ4n) is 3.19. The smallest absolute Gasteiger partial charge is 0.277 e. The summed E-state index contributed by atoms with van der Waals surface area (Å²) in [7, 11) is 1.66. The van der Waals surface area contributed by atoms with Crippen LogP contribution in [0, 0.1) is 0 Å². The third-order valence-corrected chi connectivity index (χ3v) is 5.62. The number of anilines is 1. The summed E-state index contributed by atoms with van der Waals surface area (Å²) in [6.07, 6.45) is 0. The molecule has 0 unspecified atom stereocenters. The van der Waals surface area contributed by atoms with E-state index in [1.807, 2.05) is 59.5 Å². The molecule has 0 atom stereocenters. The minimum atomic E-state index is 0.0869. The van der Waals surface area contributed by atoms with Crippen molar-refractivity contribution in [1.82, 2.24) is 15.1 Å². The highest BCUT2D eigenvalue weighted by Crippen LogP contribution is 2.24. The van der Waals surface area contributed by atoms with Crippen molar-refractivity contribution in [3.8, 4) is 17.2 Å². The van der Waals surface area contributed by atoms with Crippen LogP contribution in [0.2, 0.25) is 0 Å². The van der Waals surface area contributed by atoms with Crippen LogP contribution >= 0.6 is 11.8 Å². The fourth-order valence-corrected chi connectivity index (χ4v) is 3.85. The highest BCUT2D eigenvalue weighted by molar-refractivity contribution is 7.99. The second-order valence-corrected chi connectivity index (χ2v) is 7.52. The van der Waals surface area contributed by atoms with E-state index in [4.69, 9.17) is 9.15 Å². The summed E-state index contributed by atoms with van der Waals surface area (Å²) < 4.78 is 10.9. The van der Waals surface area contributed by atoms with Gasteiger partial charge in [-0.1, -0.05) is 30.0 Å². The van der Waals surface area contributed by atoms with Crippen molar-refractivity contribution in [2.24, 2.45) is 0 Å². The van der Waals surface area contributed by atoms with Crippen molar-refractivity contribution >= 4 is 23.4 Å². The Labute approximate surface area is 173 Å². The Morgan fingerprint density at radius 1 is 1.03 bits per heavy atom. The maximum Gasteiger partial charge on any atom is 0.277 e. The quantitative estimate of drug-likeness (QED) is 0.578. The van der Waals surface area contributed by atoms with Gasteiger partial charge in [-0.05, 0) is 36.4 Å². The maximum atomic E-state index is 12.6. The van der Waals surface area contributed by atoms with Gasteiger partial charge in [-0.2, -0.15) is 0 Å². The van der Waals surface area contributed by atoms with Gasteiger partial charge in [0.15, 0.2) is 0 Å². The van der Waals surface area contributed by atoms with E-state index in [0.29, 0.717) is 30.0 Å². The SMILES string of the molecule is COc1ccc(N2CCN(C(=O)CSc3nnc(-c4ccccc4)o3)CC2)cc1. The number of rotatable bonds is 6. The number of thioether (sulfide) groups is 1. The van der Waals surface area contributed by atoms with Gasteiger partial charge < -0.3 is 19.0 Å². The zero-order chi connectivity index (χ0) is 20.1. The van der Waals surface area contributed by atoms with Gasteiger partial charge in [0.05, 0.1) is 12.9 Å². The molecule has 0 aliphatic carbocycles. The number of carbonyl (C=O) groups excluding carboxylic acids is 1. The number of nitrogens with zero attached hydrogens (tertiary/aromatic N) is 4. The Morgan fingerprint density at radius 2 is 1.76 bits per heavy atom. The molecule has 3 aromatic rings. The van der Waals surface area contributed by atoms with E-state index in [0.717, 1.165) is 30.1 Å². The number of ether oxygens (including phenoxy) is 1. The van der Waals surface area contributed by atoms with Crippen LogP contribution in [0.5, 0.6) is 5.75 Å². The van der Waals surface area contributed by atoms with Gasteiger partial charge >= 0.3 is 0 Å². The molecule has 1 aromatic heterocycles. The van der Waals surface area contributed by atoms with Crippen LogP contribution in [0.15, 0.2) is 64.2 Å². The summed E-state index contributed by atoms with van der Waals surface area (Å²) in [6.45, 7) is 3.01. The zero-order valence-electron chi connectivity index (χ0n) is 16.2. The Balaban J connectivity index is 1.26. The zero-order valence-corrected chi connectivity index (χ0v) is 17.0. The number of hydrogen-bond acceptors (Lipinski definition) is 7. The standard InChI is InChI=1S/C21H22N4O3S/c1-27-18-9-7-17(8-10-18)24-11-13-25(14-12-24)19(26)15-29-21-23-22-20(28-21)16-5-3-2-4-6-16/h2-10H,11-15H2,1H3. The summed E-state index contributed by atoms with van der Waals surface area (Å²) >= 11 is 1.28. The van der Waals surface area contributed by atoms with E-state index in [9.17, 15) is 4.79 Å². The van der Waals surface area contributed by atoms with Gasteiger partial charge in [-0.15, -0.1) is 10.2 Å². The second-order valence-electron chi connectivity index (χ2n) is 6.59. The Hall–Kier alpha value is -3.00. The largest absolute Gasteiger partial charge is 0.497 e. The minimum absolute atomic E-state index is 0.0869. The van der Waals surface area contributed by atoms with Gasteiger partial charge in [0.2, 0.25) is 11.8 Å². The molecule has 150 valence electrons. The van der Waals surface area contributed by atoms with Crippen molar-refractivity contribution in [3.05, 3.63) is 54.6 Å². The van der Waals surface area contributed by atoms with Crippen molar-refractivity contribution in [1.29, 1.82) is 0 Å². The highest BCUT2D eigenvalue weighted by Gasteiger charge is 2.22. The summed E-state index contributed by atoms with van der Waals surface area (Å²) in [5, 5.41) is 8.50. The minimum Gasteiger partial charge on any atom is -0.497 e. The first kappa shape index (κ1) is 19.3. The fraction of sp³-hybridized carbons (Fsp3) is 0.286. The van der Waals surface area contributed by atoms with Crippen LogP contribution in [-0.2, 0) is 4.79 Å². The molecule has 1 aliphatic heterocycles. The van der Waals surface area contributed by atoms with Crippen molar-refractivity contribution < 1.29 is 13.9 Å². The lowest BCUT2D eigenvalue weighted by Crippen LogP contribution is -2.49. The molecule has 2 aromatic carbocycles. The number of methoxy groups -OCH3 is 1. The molecule has 0 N–H and O–H groups in total. The van der Waals surface area contributed by atoms with Gasteiger partial charge in [0.25, 0.3) is 5.22 Å². The molecule has 1 fully saturated rings. The molecule has 0 saturated carbocycles. The van der Waals surface area contributed by atoms with Crippen LogP contribution in [0.25, 0.3) is 11.5 Å². The van der Waals surface area contributed by atoms with Crippen molar-refractivity contribution in [2.75, 3.05) is 43.9 Å².